The molecular formula is C17H20Cl2N2O3S. The first-order valence-electron chi connectivity index (χ1n) is 7.79. The van der Waals surface area contributed by atoms with Crippen molar-refractivity contribution in [2.75, 3.05) is 13.1 Å². The van der Waals surface area contributed by atoms with E-state index in [0.29, 0.717) is 16.5 Å². The van der Waals surface area contributed by atoms with Crippen LogP contribution in [-0.2, 0) is 10.0 Å². The summed E-state index contributed by atoms with van der Waals surface area (Å²) in [4.78, 5) is 0.236. The average Bonchev–Trinajstić information content (AvgIpc) is 2.56. The van der Waals surface area contributed by atoms with Crippen molar-refractivity contribution in [2.24, 2.45) is 0 Å². The smallest absolute Gasteiger partial charge is 0.240 e. The Balaban J connectivity index is 0.00000225. The first kappa shape index (κ1) is 20.0. The molecule has 1 aliphatic rings. The second-order valence-corrected chi connectivity index (χ2v) is 7.83. The molecule has 1 saturated heterocycles. The van der Waals surface area contributed by atoms with Crippen LogP contribution in [0.4, 0.5) is 0 Å². The van der Waals surface area contributed by atoms with Gasteiger partial charge in [0.15, 0.2) is 0 Å². The molecule has 0 spiro atoms. The first-order valence-corrected chi connectivity index (χ1v) is 9.65. The van der Waals surface area contributed by atoms with Crippen LogP contribution in [0.2, 0.25) is 5.02 Å². The summed E-state index contributed by atoms with van der Waals surface area (Å²) in [6.45, 7) is 1.67. The summed E-state index contributed by atoms with van der Waals surface area (Å²) in [7, 11) is -3.51. The van der Waals surface area contributed by atoms with E-state index in [1.807, 2.05) is 0 Å². The summed E-state index contributed by atoms with van der Waals surface area (Å²) in [5, 5.41) is 3.80. The van der Waals surface area contributed by atoms with Gasteiger partial charge in [-0.3, -0.25) is 0 Å². The number of ether oxygens (including phenoxy) is 1. The van der Waals surface area contributed by atoms with Crippen LogP contribution < -0.4 is 14.8 Å². The van der Waals surface area contributed by atoms with Gasteiger partial charge in [0.1, 0.15) is 11.5 Å². The van der Waals surface area contributed by atoms with Crippen LogP contribution >= 0.6 is 24.0 Å². The number of sulfonamides is 1. The van der Waals surface area contributed by atoms with Crippen molar-refractivity contribution < 1.29 is 13.2 Å². The molecule has 1 aliphatic heterocycles. The maximum absolute atomic E-state index is 12.4. The normalized spacial score (nSPS) is 15.4. The second kappa shape index (κ2) is 8.87. The van der Waals surface area contributed by atoms with Crippen molar-refractivity contribution in [1.82, 2.24) is 10.0 Å². The van der Waals surface area contributed by atoms with Crippen molar-refractivity contribution in [2.45, 2.75) is 23.8 Å². The standard InChI is InChI=1S/C17H19ClN2O3S.ClH/c18-13-2-1-3-16(12-13)23-15-4-6-17(7-5-15)24(21,22)20-14-8-10-19-11-9-14;/h1-7,12,14,19-20H,8-11H2;1H. The molecule has 2 aromatic rings. The highest BCUT2D eigenvalue weighted by Gasteiger charge is 2.21. The summed E-state index contributed by atoms with van der Waals surface area (Å²) >= 11 is 5.92. The first-order chi connectivity index (χ1) is 11.5. The van der Waals surface area contributed by atoms with E-state index < -0.39 is 10.0 Å². The summed E-state index contributed by atoms with van der Waals surface area (Å²) < 4.78 is 33.3. The number of halogens is 2. The fourth-order valence-corrected chi connectivity index (χ4v) is 4.07. The van der Waals surface area contributed by atoms with Gasteiger partial charge in [0.25, 0.3) is 0 Å². The predicted octanol–water partition coefficient (Wildman–Crippen LogP) is 3.58. The molecule has 5 nitrogen and oxygen atoms in total. The number of hydrogen-bond acceptors (Lipinski definition) is 4. The Hall–Kier alpha value is -1.31. The molecule has 0 saturated carbocycles. The van der Waals surface area contributed by atoms with Gasteiger partial charge < -0.3 is 10.1 Å². The lowest BCUT2D eigenvalue weighted by Gasteiger charge is -2.23. The van der Waals surface area contributed by atoms with Crippen molar-refractivity contribution in [3.05, 3.63) is 53.6 Å². The van der Waals surface area contributed by atoms with Gasteiger partial charge in [0.2, 0.25) is 10.0 Å². The van der Waals surface area contributed by atoms with Gasteiger partial charge in [-0.25, -0.2) is 13.1 Å². The van der Waals surface area contributed by atoms with Gasteiger partial charge in [-0.2, -0.15) is 0 Å². The van der Waals surface area contributed by atoms with Crippen LogP contribution in [0.3, 0.4) is 0 Å². The van der Waals surface area contributed by atoms with Gasteiger partial charge in [0.05, 0.1) is 4.90 Å². The van der Waals surface area contributed by atoms with E-state index in [2.05, 4.69) is 10.0 Å². The van der Waals surface area contributed by atoms with Crippen LogP contribution in [0.1, 0.15) is 12.8 Å². The lowest BCUT2D eigenvalue weighted by Crippen LogP contribution is -2.42. The van der Waals surface area contributed by atoms with Crippen LogP contribution in [0, 0.1) is 0 Å². The van der Waals surface area contributed by atoms with Crippen molar-refractivity contribution >= 4 is 34.0 Å². The maximum Gasteiger partial charge on any atom is 0.240 e. The monoisotopic (exact) mass is 402 g/mol. The van der Waals surface area contributed by atoms with E-state index in [4.69, 9.17) is 16.3 Å². The van der Waals surface area contributed by atoms with E-state index in [1.54, 1.807) is 48.5 Å². The third-order valence-corrected chi connectivity index (χ3v) is 5.60. The number of rotatable bonds is 5. The molecule has 2 N–H and O–H groups in total. The molecule has 0 radical (unpaired) electrons. The molecule has 0 aliphatic carbocycles. The van der Waals surface area contributed by atoms with E-state index in [9.17, 15) is 8.42 Å². The minimum absolute atomic E-state index is 0. The Morgan fingerprint density at radius 2 is 1.72 bits per heavy atom. The van der Waals surface area contributed by atoms with Crippen LogP contribution in [0.5, 0.6) is 11.5 Å². The Morgan fingerprint density at radius 3 is 2.36 bits per heavy atom. The summed E-state index contributed by atoms with van der Waals surface area (Å²) in [5.74, 6) is 1.16. The topological polar surface area (TPSA) is 67.4 Å². The highest BCUT2D eigenvalue weighted by atomic mass is 35.5. The molecule has 1 fully saturated rings. The third-order valence-electron chi connectivity index (χ3n) is 3.83. The minimum Gasteiger partial charge on any atom is -0.457 e. The fraction of sp³-hybridized carbons (Fsp3) is 0.294. The zero-order valence-corrected chi connectivity index (χ0v) is 15.8. The van der Waals surface area contributed by atoms with Crippen LogP contribution in [-0.4, -0.2) is 27.5 Å². The van der Waals surface area contributed by atoms with Crippen molar-refractivity contribution in [1.29, 1.82) is 0 Å². The highest BCUT2D eigenvalue weighted by molar-refractivity contribution is 7.89. The minimum atomic E-state index is -3.51. The summed E-state index contributed by atoms with van der Waals surface area (Å²) in [6.07, 6.45) is 1.60. The molecule has 3 rings (SSSR count). The number of benzene rings is 2. The van der Waals surface area contributed by atoms with E-state index in [0.717, 1.165) is 25.9 Å². The Labute approximate surface area is 159 Å². The predicted molar refractivity (Wildman–Crippen MR) is 101 cm³/mol. The van der Waals surface area contributed by atoms with Gasteiger partial charge >= 0.3 is 0 Å². The summed E-state index contributed by atoms with van der Waals surface area (Å²) in [5.41, 5.74) is 0. The molecule has 0 bridgehead atoms. The molecule has 0 atom stereocenters. The lowest BCUT2D eigenvalue weighted by molar-refractivity contribution is 0.427. The zero-order valence-electron chi connectivity index (χ0n) is 13.4. The average molecular weight is 403 g/mol. The number of piperidine rings is 1. The van der Waals surface area contributed by atoms with E-state index in [-0.39, 0.29) is 23.3 Å². The quantitative estimate of drug-likeness (QED) is 0.801. The Kier molecular flexibility index (Phi) is 7.10. The van der Waals surface area contributed by atoms with Gasteiger partial charge in [-0.1, -0.05) is 17.7 Å². The molecule has 0 amide bonds. The van der Waals surface area contributed by atoms with Gasteiger partial charge in [-0.15, -0.1) is 12.4 Å². The molecule has 2 aromatic carbocycles. The lowest BCUT2D eigenvalue weighted by atomic mass is 10.1. The zero-order chi connectivity index (χ0) is 17.0. The highest BCUT2D eigenvalue weighted by Crippen LogP contribution is 2.25. The molecule has 1 heterocycles. The SMILES string of the molecule is Cl.O=S(=O)(NC1CCNCC1)c1ccc(Oc2cccc(Cl)c2)cc1. The molecule has 25 heavy (non-hydrogen) atoms. The molecule has 8 heteroatoms. The largest absolute Gasteiger partial charge is 0.457 e. The Morgan fingerprint density at radius 1 is 1.04 bits per heavy atom. The molecule has 0 aromatic heterocycles. The fourth-order valence-electron chi connectivity index (χ4n) is 2.58. The maximum atomic E-state index is 12.4. The van der Waals surface area contributed by atoms with Crippen LogP contribution in [0.25, 0.3) is 0 Å². The molecular weight excluding hydrogens is 383 g/mol. The van der Waals surface area contributed by atoms with Crippen molar-refractivity contribution in [3.8, 4) is 11.5 Å². The molecule has 136 valence electrons. The van der Waals surface area contributed by atoms with Gasteiger partial charge in [0, 0.05) is 11.1 Å². The summed E-state index contributed by atoms with van der Waals surface area (Å²) in [6, 6.07) is 13.4. The van der Waals surface area contributed by atoms with Crippen molar-refractivity contribution in [3.63, 3.8) is 0 Å². The van der Waals surface area contributed by atoms with Gasteiger partial charge in [-0.05, 0) is 68.4 Å². The van der Waals surface area contributed by atoms with E-state index >= 15 is 0 Å². The van der Waals surface area contributed by atoms with Crippen LogP contribution in [0.15, 0.2) is 53.4 Å². The second-order valence-electron chi connectivity index (χ2n) is 5.68. The number of hydrogen-bond donors (Lipinski definition) is 2. The number of nitrogens with one attached hydrogen (secondary N) is 2. The van der Waals surface area contributed by atoms with E-state index in [1.165, 1.54) is 0 Å². The molecule has 0 unspecified atom stereocenters. The third kappa shape index (κ3) is 5.59. The Bertz CT molecular complexity index is 792.